The number of amides is 1. The van der Waals surface area contributed by atoms with Crippen LogP contribution < -0.4 is 10.6 Å². The smallest absolute Gasteiger partial charge is 0.272 e. The van der Waals surface area contributed by atoms with Crippen LogP contribution in [0.15, 0.2) is 79.1 Å². The van der Waals surface area contributed by atoms with Gasteiger partial charge in [0.15, 0.2) is 5.65 Å². The Bertz CT molecular complexity index is 1420. The Labute approximate surface area is 191 Å². The van der Waals surface area contributed by atoms with Crippen LogP contribution in [0.5, 0.6) is 0 Å². The van der Waals surface area contributed by atoms with Gasteiger partial charge in [-0.25, -0.2) is 4.98 Å². The maximum absolute atomic E-state index is 12.2. The predicted octanol–water partition coefficient (Wildman–Crippen LogP) is 5.21. The van der Waals surface area contributed by atoms with Gasteiger partial charge in [0.2, 0.25) is 0 Å². The summed E-state index contributed by atoms with van der Waals surface area (Å²) in [5.41, 5.74) is 7.40. The largest absolute Gasteiger partial charge is 0.366 e. The number of rotatable bonds is 6. The van der Waals surface area contributed by atoms with Crippen molar-refractivity contribution in [2.75, 3.05) is 10.6 Å². The van der Waals surface area contributed by atoms with Crippen molar-refractivity contribution in [1.29, 1.82) is 0 Å². The maximum Gasteiger partial charge on any atom is 0.272 e. The molecule has 7 heteroatoms. The summed E-state index contributed by atoms with van der Waals surface area (Å²) in [5, 5.41) is 10.9. The van der Waals surface area contributed by atoms with E-state index < -0.39 is 0 Å². The van der Waals surface area contributed by atoms with Crippen molar-refractivity contribution in [3.8, 4) is 11.3 Å². The number of nitrogens with zero attached hydrogens (tertiary/aromatic N) is 3. The highest BCUT2D eigenvalue weighted by Crippen LogP contribution is 2.26. The van der Waals surface area contributed by atoms with Crippen LogP contribution in [0.2, 0.25) is 0 Å². The van der Waals surface area contributed by atoms with Gasteiger partial charge in [-0.1, -0.05) is 36.4 Å². The second-order valence-corrected chi connectivity index (χ2v) is 7.99. The van der Waals surface area contributed by atoms with Crippen molar-refractivity contribution in [3.05, 3.63) is 102 Å². The van der Waals surface area contributed by atoms with Gasteiger partial charge >= 0.3 is 0 Å². The number of hydrogen-bond donors (Lipinski definition) is 3. The van der Waals surface area contributed by atoms with E-state index in [1.807, 2.05) is 60.1 Å². The summed E-state index contributed by atoms with van der Waals surface area (Å²) in [7, 11) is 0. The number of hydrogen-bond acceptors (Lipinski definition) is 4. The molecule has 0 spiro atoms. The highest BCUT2D eigenvalue weighted by molar-refractivity contribution is 6.02. The van der Waals surface area contributed by atoms with Crippen molar-refractivity contribution in [2.45, 2.75) is 20.4 Å². The number of nitrogens with one attached hydrogen (secondary N) is 3. The van der Waals surface area contributed by atoms with Gasteiger partial charge in [0.1, 0.15) is 11.5 Å². The number of aromatic nitrogens is 4. The average Bonchev–Trinajstić information content (AvgIpc) is 3.49. The van der Waals surface area contributed by atoms with Crippen LogP contribution in [-0.4, -0.2) is 25.5 Å². The Morgan fingerprint density at radius 1 is 1.00 bits per heavy atom. The van der Waals surface area contributed by atoms with E-state index in [4.69, 9.17) is 4.98 Å². The molecule has 0 bridgehead atoms. The van der Waals surface area contributed by atoms with Crippen LogP contribution in [0, 0.1) is 13.8 Å². The lowest BCUT2D eigenvalue weighted by atomic mass is 10.1. The summed E-state index contributed by atoms with van der Waals surface area (Å²) < 4.78 is 1.84. The summed E-state index contributed by atoms with van der Waals surface area (Å²) in [6.07, 6.45) is 3.56. The first kappa shape index (κ1) is 20.5. The van der Waals surface area contributed by atoms with Crippen LogP contribution in [0.4, 0.5) is 11.5 Å². The fraction of sp³-hybridized carbons (Fsp3) is 0.115. The van der Waals surface area contributed by atoms with Crippen LogP contribution >= 0.6 is 0 Å². The minimum Gasteiger partial charge on any atom is -0.366 e. The van der Waals surface area contributed by atoms with Gasteiger partial charge in [-0.15, -0.1) is 0 Å². The standard InChI is InChI=1S/C26H24N6O/c1-17-6-3-4-7-21(17)23-14-24(32-25(31-23)18(2)15-29-32)28-16-19-9-11-20(12-10-19)30-26(33)22-8-5-13-27-22/h3-15,27-28H,16H2,1-2H3,(H,30,33). The first-order valence-electron chi connectivity index (χ1n) is 10.8. The van der Waals surface area contributed by atoms with Crippen molar-refractivity contribution in [1.82, 2.24) is 19.6 Å². The first-order chi connectivity index (χ1) is 16.1. The number of carbonyl (C=O) groups is 1. The highest BCUT2D eigenvalue weighted by Gasteiger charge is 2.12. The molecule has 1 amide bonds. The van der Waals surface area contributed by atoms with Crippen LogP contribution in [0.1, 0.15) is 27.2 Å². The van der Waals surface area contributed by atoms with Gasteiger partial charge in [0.05, 0.1) is 11.9 Å². The van der Waals surface area contributed by atoms with Crippen molar-refractivity contribution < 1.29 is 4.79 Å². The van der Waals surface area contributed by atoms with E-state index in [-0.39, 0.29) is 5.91 Å². The monoisotopic (exact) mass is 436 g/mol. The number of aryl methyl sites for hydroxylation is 2. The predicted molar refractivity (Wildman–Crippen MR) is 130 cm³/mol. The molecule has 3 heterocycles. The number of carbonyl (C=O) groups excluding carboxylic acids is 1. The summed E-state index contributed by atoms with van der Waals surface area (Å²) in [4.78, 5) is 20.0. The number of aromatic amines is 1. The van der Waals surface area contributed by atoms with Gasteiger partial charge in [0.25, 0.3) is 5.91 Å². The molecule has 164 valence electrons. The Balaban J connectivity index is 1.36. The minimum atomic E-state index is -0.164. The normalized spacial score (nSPS) is 11.0. The Morgan fingerprint density at radius 2 is 1.82 bits per heavy atom. The quantitative estimate of drug-likeness (QED) is 0.341. The third-order valence-electron chi connectivity index (χ3n) is 5.60. The van der Waals surface area contributed by atoms with E-state index in [2.05, 4.69) is 39.8 Å². The molecule has 0 atom stereocenters. The number of H-pyrrole nitrogens is 1. The molecule has 0 aliphatic carbocycles. The average molecular weight is 437 g/mol. The lowest BCUT2D eigenvalue weighted by Gasteiger charge is -2.13. The molecular formula is C26H24N6O. The minimum absolute atomic E-state index is 0.164. The van der Waals surface area contributed by atoms with Gasteiger partial charge in [-0.3, -0.25) is 4.79 Å². The molecule has 0 unspecified atom stereocenters. The maximum atomic E-state index is 12.2. The lowest BCUT2D eigenvalue weighted by molar-refractivity contribution is 0.102. The fourth-order valence-electron chi connectivity index (χ4n) is 3.77. The second-order valence-electron chi connectivity index (χ2n) is 7.99. The first-order valence-corrected chi connectivity index (χ1v) is 10.8. The van der Waals surface area contributed by atoms with Crippen molar-refractivity contribution in [2.24, 2.45) is 0 Å². The van der Waals surface area contributed by atoms with Gasteiger partial charge < -0.3 is 15.6 Å². The number of benzene rings is 2. The molecule has 0 saturated heterocycles. The topological polar surface area (TPSA) is 87.1 Å². The van der Waals surface area contributed by atoms with E-state index in [1.165, 1.54) is 5.56 Å². The summed E-state index contributed by atoms with van der Waals surface area (Å²) in [5.74, 6) is 0.707. The number of fused-ring (bicyclic) bond motifs is 1. The van der Waals surface area contributed by atoms with E-state index in [1.54, 1.807) is 18.3 Å². The molecule has 33 heavy (non-hydrogen) atoms. The van der Waals surface area contributed by atoms with Crippen LogP contribution in [-0.2, 0) is 6.54 Å². The van der Waals surface area contributed by atoms with Crippen molar-refractivity contribution in [3.63, 3.8) is 0 Å². The molecule has 5 aromatic rings. The summed E-state index contributed by atoms with van der Waals surface area (Å²) in [6.45, 7) is 4.71. The Morgan fingerprint density at radius 3 is 2.58 bits per heavy atom. The molecule has 3 N–H and O–H groups in total. The number of anilines is 2. The molecule has 3 aromatic heterocycles. The molecule has 0 radical (unpaired) electrons. The lowest BCUT2D eigenvalue weighted by Crippen LogP contribution is -2.12. The third-order valence-corrected chi connectivity index (χ3v) is 5.60. The van der Waals surface area contributed by atoms with E-state index in [0.29, 0.717) is 12.2 Å². The molecule has 0 aliphatic heterocycles. The zero-order valence-electron chi connectivity index (χ0n) is 18.5. The Kier molecular flexibility index (Phi) is 5.36. The zero-order valence-corrected chi connectivity index (χ0v) is 18.5. The van der Waals surface area contributed by atoms with Crippen LogP contribution in [0.3, 0.4) is 0 Å². The second kappa shape index (κ2) is 8.63. The van der Waals surface area contributed by atoms with E-state index in [9.17, 15) is 4.79 Å². The molecule has 0 saturated carbocycles. The molecule has 2 aromatic carbocycles. The highest BCUT2D eigenvalue weighted by atomic mass is 16.1. The SMILES string of the molecule is Cc1ccccc1-c1cc(NCc2ccc(NC(=O)c3ccc[nH]3)cc2)n2ncc(C)c2n1. The van der Waals surface area contributed by atoms with Crippen LogP contribution in [0.25, 0.3) is 16.9 Å². The zero-order chi connectivity index (χ0) is 22.8. The third kappa shape index (κ3) is 4.21. The molecular weight excluding hydrogens is 412 g/mol. The van der Waals surface area contributed by atoms with E-state index >= 15 is 0 Å². The molecule has 5 rings (SSSR count). The molecule has 7 nitrogen and oxygen atoms in total. The van der Waals surface area contributed by atoms with Gasteiger partial charge in [0, 0.05) is 35.6 Å². The van der Waals surface area contributed by atoms with Crippen molar-refractivity contribution >= 4 is 23.1 Å². The fourth-order valence-corrected chi connectivity index (χ4v) is 3.77. The molecule has 0 aliphatic rings. The van der Waals surface area contributed by atoms with E-state index in [0.717, 1.165) is 39.5 Å². The summed E-state index contributed by atoms with van der Waals surface area (Å²) in [6, 6.07) is 21.6. The summed E-state index contributed by atoms with van der Waals surface area (Å²) >= 11 is 0. The van der Waals surface area contributed by atoms with Gasteiger partial charge in [-0.05, 0) is 49.2 Å². The Hall–Kier alpha value is -4.39. The molecule has 0 fully saturated rings. The van der Waals surface area contributed by atoms with Gasteiger partial charge in [-0.2, -0.15) is 9.61 Å².